The number of ether oxygens (including phenoxy) is 2. The summed E-state index contributed by atoms with van der Waals surface area (Å²) in [6, 6.07) is 0. The van der Waals surface area contributed by atoms with Crippen LogP contribution < -0.4 is 0 Å². The van der Waals surface area contributed by atoms with Crippen LogP contribution in [0.2, 0.25) is 0 Å². The second-order valence-corrected chi connectivity index (χ2v) is 4.40. The predicted octanol–water partition coefficient (Wildman–Crippen LogP) is 3.22. The van der Waals surface area contributed by atoms with E-state index in [9.17, 15) is 4.79 Å². The first-order chi connectivity index (χ1) is 7.54. The molecule has 0 spiro atoms. The number of carbonyl (C=O) groups is 1. The van der Waals surface area contributed by atoms with Crippen LogP contribution in [-0.2, 0) is 14.3 Å². The Morgan fingerprint density at radius 1 is 1.44 bits per heavy atom. The van der Waals surface area contributed by atoms with E-state index in [4.69, 9.17) is 32.7 Å². The number of halogens is 2. The van der Waals surface area contributed by atoms with Gasteiger partial charge in [0.2, 0.25) is 0 Å². The molecule has 0 atom stereocenters. The van der Waals surface area contributed by atoms with E-state index in [1.54, 1.807) is 13.2 Å². The average Bonchev–Trinajstić information content (AvgIpc) is 2.21. The van der Waals surface area contributed by atoms with Crippen LogP contribution in [0.4, 0.5) is 0 Å². The number of carbonyl (C=O) groups excluding carboxylic acids is 1. The molecular weight excluding hydrogens is 251 g/mol. The van der Waals surface area contributed by atoms with Gasteiger partial charge in [-0.2, -0.15) is 0 Å². The number of hydrogen-bond donors (Lipinski definition) is 0. The van der Waals surface area contributed by atoms with E-state index in [1.807, 2.05) is 6.08 Å². The van der Waals surface area contributed by atoms with Crippen LogP contribution >= 0.6 is 23.2 Å². The molecule has 0 amide bonds. The molecule has 5 heteroatoms. The Morgan fingerprint density at radius 3 is 2.69 bits per heavy atom. The van der Waals surface area contributed by atoms with Crippen molar-refractivity contribution in [2.24, 2.45) is 0 Å². The SMILES string of the molecule is C=C(C)C(=O)OCCOC=CCCC(Cl)Cl. The van der Waals surface area contributed by atoms with E-state index in [1.165, 1.54) is 0 Å². The maximum absolute atomic E-state index is 10.9. The van der Waals surface area contributed by atoms with Gasteiger partial charge in [-0.3, -0.25) is 0 Å². The van der Waals surface area contributed by atoms with Gasteiger partial charge in [-0.1, -0.05) is 6.58 Å². The summed E-state index contributed by atoms with van der Waals surface area (Å²) in [5, 5.41) is 0. The Morgan fingerprint density at radius 2 is 2.12 bits per heavy atom. The summed E-state index contributed by atoms with van der Waals surface area (Å²) >= 11 is 11.1. The topological polar surface area (TPSA) is 35.5 Å². The Balaban J connectivity index is 3.33. The van der Waals surface area contributed by atoms with Crippen LogP contribution in [0.15, 0.2) is 24.5 Å². The van der Waals surface area contributed by atoms with Gasteiger partial charge in [0.1, 0.15) is 18.1 Å². The van der Waals surface area contributed by atoms with Crippen LogP contribution in [0.5, 0.6) is 0 Å². The van der Waals surface area contributed by atoms with Crippen LogP contribution in [0.3, 0.4) is 0 Å². The van der Waals surface area contributed by atoms with E-state index in [0.29, 0.717) is 18.6 Å². The van der Waals surface area contributed by atoms with Gasteiger partial charge < -0.3 is 9.47 Å². The molecule has 0 unspecified atom stereocenters. The molecule has 0 saturated heterocycles. The second kappa shape index (κ2) is 9.55. The molecular formula is C11H16Cl2O3. The molecule has 0 fully saturated rings. The third-order valence-electron chi connectivity index (χ3n) is 1.53. The van der Waals surface area contributed by atoms with Gasteiger partial charge in [0.05, 0.1) is 6.26 Å². The van der Waals surface area contributed by atoms with Crippen molar-refractivity contribution in [3.05, 3.63) is 24.5 Å². The largest absolute Gasteiger partial charge is 0.498 e. The lowest BCUT2D eigenvalue weighted by atomic mass is 10.3. The van der Waals surface area contributed by atoms with E-state index < -0.39 is 5.97 Å². The molecule has 0 aromatic rings. The summed E-state index contributed by atoms with van der Waals surface area (Å²) in [5.41, 5.74) is 0.380. The molecule has 0 aromatic carbocycles. The average molecular weight is 267 g/mol. The Bertz CT molecular complexity index is 250. The van der Waals surface area contributed by atoms with Gasteiger partial charge in [-0.15, -0.1) is 23.2 Å². The van der Waals surface area contributed by atoms with Crippen LogP contribution in [0.1, 0.15) is 19.8 Å². The van der Waals surface area contributed by atoms with Gasteiger partial charge in [-0.05, 0) is 25.8 Å². The Hall–Kier alpha value is -0.670. The fraction of sp³-hybridized carbons (Fsp3) is 0.545. The second-order valence-electron chi connectivity index (χ2n) is 3.13. The van der Waals surface area contributed by atoms with Gasteiger partial charge in [0.25, 0.3) is 0 Å². The number of hydrogen-bond acceptors (Lipinski definition) is 3. The Labute approximate surface area is 106 Å². The molecule has 0 aliphatic rings. The minimum atomic E-state index is -0.403. The molecule has 3 nitrogen and oxygen atoms in total. The highest BCUT2D eigenvalue weighted by Gasteiger charge is 2.01. The Kier molecular flexibility index (Phi) is 9.15. The highest BCUT2D eigenvalue weighted by molar-refractivity contribution is 6.44. The standard InChI is InChI=1S/C11H16Cl2O3/c1-9(2)11(14)16-8-7-15-6-4-3-5-10(12)13/h4,6,10H,1,3,5,7-8H2,2H3. The summed E-state index contributed by atoms with van der Waals surface area (Å²) in [7, 11) is 0. The fourth-order valence-corrected chi connectivity index (χ4v) is 0.984. The summed E-state index contributed by atoms with van der Waals surface area (Å²) in [4.78, 5) is 10.6. The lowest BCUT2D eigenvalue weighted by Crippen LogP contribution is -2.09. The van der Waals surface area contributed by atoms with E-state index >= 15 is 0 Å². The predicted molar refractivity (Wildman–Crippen MR) is 65.6 cm³/mol. The van der Waals surface area contributed by atoms with Crippen molar-refractivity contribution in [3.8, 4) is 0 Å². The van der Waals surface area contributed by atoms with Gasteiger partial charge in [0, 0.05) is 5.57 Å². The van der Waals surface area contributed by atoms with E-state index in [0.717, 1.165) is 6.42 Å². The molecule has 92 valence electrons. The quantitative estimate of drug-likeness (QED) is 0.223. The van der Waals surface area contributed by atoms with E-state index in [-0.39, 0.29) is 11.4 Å². The minimum Gasteiger partial charge on any atom is -0.498 e. The lowest BCUT2D eigenvalue weighted by Gasteiger charge is -2.03. The molecule has 0 N–H and O–H groups in total. The van der Waals surface area contributed by atoms with Crippen molar-refractivity contribution < 1.29 is 14.3 Å². The summed E-state index contributed by atoms with van der Waals surface area (Å²) in [5.74, 6) is -0.403. The first-order valence-corrected chi connectivity index (χ1v) is 5.78. The number of allylic oxidation sites excluding steroid dienone is 1. The van der Waals surface area contributed by atoms with Gasteiger partial charge in [-0.25, -0.2) is 4.79 Å². The van der Waals surface area contributed by atoms with Gasteiger partial charge >= 0.3 is 5.97 Å². The normalized spacial score (nSPS) is 10.8. The number of alkyl halides is 2. The van der Waals surface area contributed by atoms with Crippen molar-refractivity contribution in [3.63, 3.8) is 0 Å². The zero-order valence-corrected chi connectivity index (χ0v) is 10.8. The summed E-state index contributed by atoms with van der Waals surface area (Å²) in [6.07, 6.45) is 4.81. The zero-order chi connectivity index (χ0) is 12.4. The molecule has 16 heavy (non-hydrogen) atoms. The molecule has 0 aliphatic carbocycles. The first-order valence-electron chi connectivity index (χ1n) is 4.91. The van der Waals surface area contributed by atoms with Crippen molar-refractivity contribution in [1.82, 2.24) is 0 Å². The molecule has 0 heterocycles. The lowest BCUT2D eigenvalue weighted by molar-refractivity contribution is -0.139. The van der Waals surface area contributed by atoms with Crippen LogP contribution in [-0.4, -0.2) is 24.0 Å². The molecule has 0 bridgehead atoms. The van der Waals surface area contributed by atoms with Crippen molar-refractivity contribution in [1.29, 1.82) is 0 Å². The van der Waals surface area contributed by atoms with Crippen molar-refractivity contribution in [2.45, 2.75) is 24.6 Å². The highest BCUT2D eigenvalue weighted by Crippen LogP contribution is 2.09. The fourth-order valence-electron chi connectivity index (χ4n) is 0.732. The molecule has 0 rings (SSSR count). The highest BCUT2D eigenvalue weighted by atomic mass is 35.5. The molecule has 0 saturated carbocycles. The minimum absolute atomic E-state index is 0.212. The summed E-state index contributed by atoms with van der Waals surface area (Å²) in [6.45, 7) is 5.58. The number of esters is 1. The maximum atomic E-state index is 10.9. The van der Waals surface area contributed by atoms with E-state index in [2.05, 4.69) is 6.58 Å². The van der Waals surface area contributed by atoms with Crippen molar-refractivity contribution >= 4 is 29.2 Å². The molecule has 0 aliphatic heterocycles. The zero-order valence-electron chi connectivity index (χ0n) is 9.25. The smallest absolute Gasteiger partial charge is 0.333 e. The van der Waals surface area contributed by atoms with Gasteiger partial charge in [0.15, 0.2) is 0 Å². The third-order valence-corrected chi connectivity index (χ3v) is 1.96. The number of rotatable bonds is 8. The molecule has 0 radical (unpaired) electrons. The molecule has 0 aromatic heterocycles. The third kappa shape index (κ3) is 9.87. The maximum Gasteiger partial charge on any atom is 0.333 e. The van der Waals surface area contributed by atoms with Crippen LogP contribution in [0, 0.1) is 0 Å². The van der Waals surface area contributed by atoms with Crippen molar-refractivity contribution in [2.75, 3.05) is 13.2 Å². The first kappa shape index (κ1) is 15.3. The summed E-state index contributed by atoms with van der Waals surface area (Å²) < 4.78 is 9.88. The monoisotopic (exact) mass is 266 g/mol. The van der Waals surface area contributed by atoms with Crippen LogP contribution in [0.25, 0.3) is 0 Å².